The highest BCUT2D eigenvalue weighted by Crippen LogP contribution is 2.26. The predicted molar refractivity (Wildman–Crippen MR) is 96.4 cm³/mol. The largest absolute Gasteiger partial charge is 0.489 e. The number of aromatic nitrogens is 2. The van der Waals surface area contributed by atoms with Crippen LogP contribution in [-0.4, -0.2) is 36.2 Å². The van der Waals surface area contributed by atoms with Crippen molar-refractivity contribution in [3.63, 3.8) is 0 Å². The van der Waals surface area contributed by atoms with Crippen molar-refractivity contribution in [2.75, 3.05) is 31.2 Å². The molecule has 0 spiro atoms. The maximum absolute atomic E-state index is 6.03. The zero-order chi connectivity index (χ0) is 16.8. The van der Waals surface area contributed by atoms with Crippen molar-refractivity contribution in [2.24, 2.45) is 0 Å². The van der Waals surface area contributed by atoms with E-state index in [1.165, 1.54) is 5.56 Å². The number of nitrogens with one attached hydrogen (secondary N) is 2. The van der Waals surface area contributed by atoms with E-state index in [0.29, 0.717) is 11.8 Å². The minimum Gasteiger partial charge on any atom is -0.489 e. The van der Waals surface area contributed by atoms with E-state index in [4.69, 9.17) is 10.5 Å². The van der Waals surface area contributed by atoms with Gasteiger partial charge in [-0.05, 0) is 43.9 Å². The Balaban J connectivity index is 1.37. The van der Waals surface area contributed by atoms with Crippen LogP contribution in [0.4, 0.5) is 11.8 Å². The van der Waals surface area contributed by atoms with Crippen LogP contribution < -0.4 is 21.1 Å². The third-order valence-corrected chi connectivity index (χ3v) is 4.30. The number of para-hydroxylation sites is 1. The first-order valence-corrected chi connectivity index (χ1v) is 8.50. The maximum atomic E-state index is 6.03. The molecule has 24 heavy (non-hydrogen) atoms. The van der Waals surface area contributed by atoms with E-state index in [-0.39, 0.29) is 6.10 Å². The van der Waals surface area contributed by atoms with Gasteiger partial charge in [-0.15, -0.1) is 0 Å². The molecule has 1 aliphatic heterocycles. The van der Waals surface area contributed by atoms with Crippen LogP contribution in [0.3, 0.4) is 0 Å². The Morgan fingerprint density at radius 1 is 1.33 bits per heavy atom. The Morgan fingerprint density at radius 3 is 3.04 bits per heavy atom. The summed E-state index contributed by atoms with van der Waals surface area (Å²) < 4.78 is 6.03. The van der Waals surface area contributed by atoms with Crippen LogP contribution in [0.15, 0.2) is 30.5 Å². The van der Waals surface area contributed by atoms with Gasteiger partial charge in [-0.25, -0.2) is 4.98 Å². The van der Waals surface area contributed by atoms with E-state index in [9.17, 15) is 0 Å². The van der Waals surface area contributed by atoms with E-state index >= 15 is 0 Å². The Labute approximate surface area is 142 Å². The molecular weight excluding hydrogens is 302 g/mol. The number of hydrogen-bond acceptors (Lipinski definition) is 6. The Morgan fingerprint density at radius 2 is 2.21 bits per heavy atom. The summed E-state index contributed by atoms with van der Waals surface area (Å²) in [5.41, 5.74) is 8.26. The van der Waals surface area contributed by atoms with E-state index < -0.39 is 0 Å². The van der Waals surface area contributed by atoms with Crippen LogP contribution in [0.25, 0.3) is 0 Å². The molecule has 1 aromatic carbocycles. The number of rotatable bonds is 7. The summed E-state index contributed by atoms with van der Waals surface area (Å²) in [6, 6.07) is 8.30. The zero-order valence-corrected chi connectivity index (χ0v) is 14.1. The highest BCUT2D eigenvalue weighted by atomic mass is 16.5. The van der Waals surface area contributed by atoms with E-state index in [0.717, 1.165) is 50.1 Å². The lowest BCUT2D eigenvalue weighted by Gasteiger charge is -2.26. The second-order valence-electron chi connectivity index (χ2n) is 6.05. The Kier molecular flexibility index (Phi) is 5.48. The van der Waals surface area contributed by atoms with Gasteiger partial charge in [0.05, 0.1) is 0 Å². The minimum atomic E-state index is 0.253. The number of aryl methyl sites for hydroxylation is 2. The third kappa shape index (κ3) is 4.14. The summed E-state index contributed by atoms with van der Waals surface area (Å²) in [6.07, 6.45) is 6.08. The molecule has 1 aliphatic rings. The fourth-order valence-corrected chi connectivity index (χ4v) is 2.92. The number of fused-ring (bicyclic) bond motifs is 1. The van der Waals surface area contributed by atoms with Gasteiger partial charge in [0.1, 0.15) is 17.7 Å². The van der Waals surface area contributed by atoms with Crippen molar-refractivity contribution in [3.8, 4) is 5.75 Å². The third-order valence-electron chi connectivity index (χ3n) is 4.30. The number of anilines is 2. The van der Waals surface area contributed by atoms with Crippen LogP contribution in [0, 0.1) is 0 Å². The lowest BCUT2D eigenvalue weighted by atomic mass is 10.0. The van der Waals surface area contributed by atoms with Gasteiger partial charge in [0.15, 0.2) is 0 Å². The molecule has 128 valence electrons. The number of hydrogen-bond donors (Lipinski definition) is 3. The van der Waals surface area contributed by atoms with E-state index in [1.807, 2.05) is 6.07 Å². The number of benzene rings is 1. The summed E-state index contributed by atoms with van der Waals surface area (Å²) in [5.74, 6) is 2.15. The number of nitrogens with two attached hydrogens (primary N) is 1. The topological polar surface area (TPSA) is 85.1 Å². The van der Waals surface area contributed by atoms with Gasteiger partial charge in [0, 0.05) is 25.4 Å². The molecule has 0 saturated carbocycles. The minimum absolute atomic E-state index is 0.253. The summed E-state index contributed by atoms with van der Waals surface area (Å²) in [5, 5.41) is 6.37. The molecule has 0 fully saturated rings. The molecule has 0 radical (unpaired) electrons. The normalized spacial score (nSPS) is 16.3. The van der Waals surface area contributed by atoms with Crippen molar-refractivity contribution >= 4 is 11.8 Å². The fourth-order valence-electron chi connectivity index (χ4n) is 2.92. The van der Waals surface area contributed by atoms with E-state index in [1.54, 1.807) is 13.2 Å². The molecule has 0 aliphatic carbocycles. The quantitative estimate of drug-likeness (QED) is 0.675. The van der Waals surface area contributed by atoms with Gasteiger partial charge in [0.2, 0.25) is 5.95 Å². The average molecular weight is 327 g/mol. The SMILES string of the molecule is CNc1ncc(CCCNCC2CCc3ccccc3O2)c(N)n1. The van der Waals surface area contributed by atoms with Crippen LogP contribution in [-0.2, 0) is 12.8 Å². The average Bonchev–Trinajstić information content (AvgIpc) is 2.62. The smallest absolute Gasteiger partial charge is 0.224 e. The Hall–Kier alpha value is -2.34. The first-order valence-electron chi connectivity index (χ1n) is 8.50. The number of nitrogens with zero attached hydrogens (tertiary/aromatic N) is 2. The second-order valence-corrected chi connectivity index (χ2v) is 6.05. The first kappa shape index (κ1) is 16.5. The second kappa shape index (κ2) is 7.97. The molecule has 4 N–H and O–H groups in total. The van der Waals surface area contributed by atoms with E-state index in [2.05, 4.69) is 38.8 Å². The lowest BCUT2D eigenvalue weighted by Crippen LogP contribution is -2.34. The molecule has 1 atom stereocenters. The van der Waals surface area contributed by atoms with Gasteiger partial charge < -0.3 is 21.1 Å². The molecule has 0 bridgehead atoms. The fraction of sp³-hybridized carbons (Fsp3) is 0.444. The van der Waals surface area contributed by atoms with Crippen LogP contribution in [0.1, 0.15) is 24.0 Å². The van der Waals surface area contributed by atoms with Crippen molar-refractivity contribution in [2.45, 2.75) is 31.8 Å². The molecule has 1 aromatic heterocycles. The van der Waals surface area contributed by atoms with Gasteiger partial charge in [-0.3, -0.25) is 0 Å². The highest BCUT2D eigenvalue weighted by Gasteiger charge is 2.18. The van der Waals surface area contributed by atoms with Crippen LogP contribution in [0.5, 0.6) is 5.75 Å². The molecule has 2 heterocycles. The predicted octanol–water partition coefficient (Wildman–Crippen LogP) is 2.02. The van der Waals surface area contributed by atoms with Crippen molar-refractivity contribution in [1.29, 1.82) is 0 Å². The summed E-state index contributed by atoms with van der Waals surface area (Å²) in [4.78, 5) is 8.41. The molecule has 3 rings (SSSR count). The lowest BCUT2D eigenvalue weighted by molar-refractivity contribution is 0.170. The summed E-state index contributed by atoms with van der Waals surface area (Å²) >= 11 is 0. The maximum Gasteiger partial charge on any atom is 0.224 e. The monoisotopic (exact) mass is 327 g/mol. The summed E-state index contributed by atoms with van der Waals surface area (Å²) in [6.45, 7) is 1.80. The van der Waals surface area contributed by atoms with Crippen molar-refractivity contribution < 1.29 is 4.74 Å². The molecule has 2 aromatic rings. The Bertz CT molecular complexity index is 676. The first-order chi connectivity index (χ1) is 11.8. The van der Waals surface area contributed by atoms with Crippen molar-refractivity contribution in [1.82, 2.24) is 15.3 Å². The van der Waals surface area contributed by atoms with Crippen LogP contribution in [0.2, 0.25) is 0 Å². The van der Waals surface area contributed by atoms with Gasteiger partial charge in [-0.2, -0.15) is 4.98 Å². The molecule has 6 heteroatoms. The molecular formula is C18H25N5O. The molecule has 0 saturated heterocycles. The number of nitrogen functional groups attached to an aromatic ring is 1. The molecule has 1 unspecified atom stereocenters. The van der Waals surface area contributed by atoms with Crippen LogP contribution >= 0.6 is 0 Å². The van der Waals surface area contributed by atoms with Crippen molar-refractivity contribution in [3.05, 3.63) is 41.6 Å². The van der Waals surface area contributed by atoms with Gasteiger partial charge in [-0.1, -0.05) is 18.2 Å². The zero-order valence-electron chi connectivity index (χ0n) is 14.1. The summed E-state index contributed by atoms with van der Waals surface area (Å²) in [7, 11) is 1.78. The van der Waals surface area contributed by atoms with Gasteiger partial charge >= 0.3 is 0 Å². The molecule has 0 amide bonds. The standard InChI is InChI=1S/C18H25N5O/c1-20-18-22-11-14(17(19)23-18)6-4-10-21-12-15-9-8-13-5-2-3-7-16(13)24-15/h2-3,5,7,11,15,21H,4,6,8-10,12H2,1H3,(H3,19,20,22,23). The molecule has 6 nitrogen and oxygen atoms in total. The van der Waals surface area contributed by atoms with Gasteiger partial charge in [0.25, 0.3) is 0 Å². The highest BCUT2D eigenvalue weighted by molar-refractivity contribution is 5.42. The number of ether oxygens (including phenoxy) is 1.